The molecule has 5 nitrogen and oxygen atoms in total. The van der Waals surface area contributed by atoms with Gasteiger partial charge in [-0.1, -0.05) is 24.3 Å². The Morgan fingerprint density at radius 1 is 1.13 bits per heavy atom. The van der Waals surface area contributed by atoms with Gasteiger partial charge >= 0.3 is 0 Å². The molecule has 5 heteroatoms. The van der Waals surface area contributed by atoms with Crippen LogP contribution in [-0.2, 0) is 6.54 Å². The van der Waals surface area contributed by atoms with Crippen molar-refractivity contribution in [3.8, 4) is 0 Å². The van der Waals surface area contributed by atoms with E-state index in [2.05, 4.69) is 62.7 Å². The molecule has 0 aliphatic heterocycles. The quantitative estimate of drug-likeness (QED) is 0.605. The van der Waals surface area contributed by atoms with Crippen molar-refractivity contribution in [1.82, 2.24) is 20.2 Å². The number of hydrogen-bond acceptors (Lipinski definition) is 4. The van der Waals surface area contributed by atoms with Crippen LogP contribution in [0.2, 0.25) is 0 Å². The third kappa shape index (κ3) is 2.40. The van der Waals surface area contributed by atoms with Crippen molar-refractivity contribution >= 4 is 27.8 Å². The van der Waals surface area contributed by atoms with Crippen molar-refractivity contribution in [2.75, 3.05) is 5.32 Å². The highest BCUT2D eigenvalue weighted by atomic mass is 15.2. The van der Waals surface area contributed by atoms with Gasteiger partial charge in [0.15, 0.2) is 11.5 Å². The maximum Gasteiger partial charge on any atom is 0.157 e. The highest BCUT2D eigenvalue weighted by Crippen LogP contribution is 2.24. The van der Waals surface area contributed by atoms with E-state index in [-0.39, 0.29) is 0 Å². The average Bonchev–Trinajstić information content (AvgIpc) is 2.96. The zero-order valence-electron chi connectivity index (χ0n) is 13.1. The highest BCUT2D eigenvalue weighted by molar-refractivity contribution is 5.90. The van der Waals surface area contributed by atoms with E-state index in [1.807, 2.05) is 19.2 Å². The van der Waals surface area contributed by atoms with Gasteiger partial charge in [0.2, 0.25) is 0 Å². The van der Waals surface area contributed by atoms with E-state index >= 15 is 0 Å². The Morgan fingerprint density at radius 2 is 2.00 bits per heavy atom. The van der Waals surface area contributed by atoms with Crippen molar-refractivity contribution in [2.24, 2.45) is 0 Å². The number of anilines is 1. The predicted octanol–water partition coefficient (Wildman–Crippen LogP) is 3.74. The van der Waals surface area contributed by atoms with E-state index in [4.69, 9.17) is 0 Å². The maximum atomic E-state index is 4.49. The first-order valence-corrected chi connectivity index (χ1v) is 7.61. The molecule has 23 heavy (non-hydrogen) atoms. The molecule has 0 unspecified atom stereocenters. The van der Waals surface area contributed by atoms with Crippen LogP contribution in [0, 0.1) is 13.8 Å². The number of nitrogens with zero attached hydrogens (tertiary/aromatic N) is 3. The Hall–Kier alpha value is -2.95. The minimum atomic E-state index is 0.668. The van der Waals surface area contributed by atoms with Crippen molar-refractivity contribution in [3.05, 3.63) is 59.4 Å². The molecule has 0 bridgehead atoms. The fourth-order valence-corrected chi connectivity index (χ4v) is 3.00. The van der Waals surface area contributed by atoms with E-state index in [0.29, 0.717) is 6.54 Å². The van der Waals surface area contributed by atoms with E-state index in [1.54, 1.807) is 0 Å². The second kappa shape index (κ2) is 5.35. The summed E-state index contributed by atoms with van der Waals surface area (Å²) in [4.78, 5) is 8.98. The van der Waals surface area contributed by atoms with Gasteiger partial charge in [0, 0.05) is 23.8 Å². The first kappa shape index (κ1) is 13.7. The van der Waals surface area contributed by atoms with Crippen molar-refractivity contribution in [2.45, 2.75) is 20.4 Å². The molecule has 3 heterocycles. The highest BCUT2D eigenvalue weighted by Gasteiger charge is 2.10. The van der Waals surface area contributed by atoms with Gasteiger partial charge in [-0.2, -0.15) is 5.10 Å². The summed E-state index contributed by atoms with van der Waals surface area (Å²) in [5, 5.41) is 13.0. The first-order chi connectivity index (χ1) is 11.2. The maximum absolute atomic E-state index is 4.49. The number of rotatable bonds is 3. The summed E-state index contributed by atoms with van der Waals surface area (Å²) in [6.45, 7) is 4.74. The number of hydrogen-bond donors (Lipinski definition) is 2. The van der Waals surface area contributed by atoms with E-state index in [0.717, 1.165) is 39.0 Å². The van der Waals surface area contributed by atoms with Gasteiger partial charge in [-0.15, -0.1) is 0 Å². The van der Waals surface area contributed by atoms with Crippen LogP contribution in [0.5, 0.6) is 0 Å². The summed E-state index contributed by atoms with van der Waals surface area (Å²) in [6.07, 6.45) is 1.83. The summed E-state index contributed by atoms with van der Waals surface area (Å²) >= 11 is 0. The second-order valence-corrected chi connectivity index (χ2v) is 5.72. The average molecular weight is 303 g/mol. The number of pyridine rings is 2. The molecule has 0 atom stereocenters. The first-order valence-electron chi connectivity index (χ1n) is 7.61. The van der Waals surface area contributed by atoms with Gasteiger partial charge in [0.25, 0.3) is 0 Å². The zero-order chi connectivity index (χ0) is 15.8. The monoisotopic (exact) mass is 303 g/mol. The van der Waals surface area contributed by atoms with Crippen LogP contribution in [0.25, 0.3) is 21.9 Å². The smallest absolute Gasteiger partial charge is 0.157 e. The van der Waals surface area contributed by atoms with Crippen LogP contribution in [0.3, 0.4) is 0 Å². The SMILES string of the molecule is Cc1cc(C)c2c(NCc3cccc4cccnc34)n[nH]c2n1. The molecule has 0 saturated carbocycles. The predicted molar refractivity (Wildman–Crippen MR) is 92.4 cm³/mol. The van der Waals surface area contributed by atoms with Gasteiger partial charge in [-0.25, -0.2) is 4.98 Å². The molecule has 0 fully saturated rings. The third-order valence-electron chi connectivity index (χ3n) is 4.02. The zero-order valence-corrected chi connectivity index (χ0v) is 13.1. The Balaban J connectivity index is 1.69. The molecule has 0 radical (unpaired) electrons. The van der Waals surface area contributed by atoms with Gasteiger partial charge < -0.3 is 5.32 Å². The fourth-order valence-electron chi connectivity index (χ4n) is 3.00. The number of aromatic nitrogens is 4. The topological polar surface area (TPSA) is 66.5 Å². The van der Waals surface area contributed by atoms with E-state index < -0.39 is 0 Å². The lowest BCUT2D eigenvalue weighted by Gasteiger charge is -2.08. The minimum absolute atomic E-state index is 0.668. The van der Waals surface area contributed by atoms with Crippen LogP contribution in [0.15, 0.2) is 42.6 Å². The molecule has 4 aromatic rings. The lowest BCUT2D eigenvalue weighted by Crippen LogP contribution is -2.02. The molecule has 0 aliphatic rings. The lowest BCUT2D eigenvalue weighted by molar-refractivity contribution is 1.05. The molecule has 0 amide bonds. The lowest BCUT2D eigenvalue weighted by atomic mass is 10.1. The largest absolute Gasteiger partial charge is 0.364 e. The molecule has 4 rings (SSSR count). The summed E-state index contributed by atoms with van der Waals surface area (Å²) < 4.78 is 0. The number of benzene rings is 1. The number of H-pyrrole nitrogens is 1. The molecule has 0 spiro atoms. The van der Waals surface area contributed by atoms with Gasteiger partial charge in [0.1, 0.15) is 0 Å². The molecular weight excluding hydrogens is 286 g/mol. The Labute approximate surface area is 133 Å². The van der Waals surface area contributed by atoms with Crippen LogP contribution >= 0.6 is 0 Å². The Bertz CT molecular complexity index is 998. The molecule has 3 aromatic heterocycles. The molecule has 114 valence electrons. The van der Waals surface area contributed by atoms with E-state index in [1.165, 1.54) is 5.56 Å². The van der Waals surface area contributed by atoms with Crippen LogP contribution < -0.4 is 5.32 Å². The van der Waals surface area contributed by atoms with Gasteiger partial charge in [-0.3, -0.25) is 10.1 Å². The minimum Gasteiger partial charge on any atom is -0.364 e. The summed E-state index contributed by atoms with van der Waals surface area (Å²) in [5.74, 6) is 0.831. The van der Waals surface area contributed by atoms with Gasteiger partial charge in [0.05, 0.1) is 10.9 Å². The van der Waals surface area contributed by atoms with E-state index in [9.17, 15) is 0 Å². The Kier molecular flexibility index (Phi) is 3.19. The Morgan fingerprint density at radius 3 is 2.91 bits per heavy atom. The van der Waals surface area contributed by atoms with Crippen molar-refractivity contribution in [1.29, 1.82) is 0 Å². The summed E-state index contributed by atoms with van der Waals surface area (Å²) in [6, 6.07) is 12.3. The summed E-state index contributed by atoms with van der Waals surface area (Å²) in [7, 11) is 0. The van der Waals surface area contributed by atoms with Crippen molar-refractivity contribution in [3.63, 3.8) is 0 Å². The molecule has 0 aliphatic carbocycles. The molecule has 2 N–H and O–H groups in total. The number of nitrogens with one attached hydrogen (secondary N) is 2. The summed E-state index contributed by atoms with van der Waals surface area (Å²) in [5.41, 5.74) is 5.15. The number of aryl methyl sites for hydroxylation is 2. The molecule has 1 aromatic carbocycles. The van der Waals surface area contributed by atoms with Crippen molar-refractivity contribution < 1.29 is 0 Å². The second-order valence-electron chi connectivity index (χ2n) is 5.72. The van der Waals surface area contributed by atoms with Gasteiger partial charge in [-0.05, 0) is 37.1 Å². The third-order valence-corrected chi connectivity index (χ3v) is 4.02. The van der Waals surface area contributed by atoms with Crippen LogP contribution in [0.4, 0.5) is 5.82 Å². The standard InChI is InChI=1S/C18H17N5/c1-11-9-12(2)21-18-15(11)17(22-23-18)20-10-14-6-3-5-13-7-4-8-19-16(13)14/h3-9H,10H2,1-2H3,(H2,20,21,22,23). The van der Waals surface area contributed by atoms with Crippen LogP contribution in [-0.4, -0.2) is 20.2 Å². The number of aromatic amines is 1. The number of fused-ring (bicyclic) bond motifs is 2. The molecular formula is C18H17N5. The normalized spacial score (nSPS) is 11.2. The fraction of sp³-hybridized carbons (Fsp3) is 0.167. The van der Waals surface area contributed by atoms with Crippen LogP contribution in [0.1, 0.15) is 16.8 Å². The number of para-hydroxylation sites is 1. The molecule has 0 saturated heterocycles.